The van der Waals surface area contributed by atoms with E-state index in [1.165, 1.54) is 42.0 Å². The van der Waals surface area contributed by atoms with E-state index in [0.29, 0.717) is 5.92 Å². The van der Waals surface area contributed by atoms with Gasteiger partial charge in [0.05, 0.1) is 0 Å². The average molecular weight is 408 g/mol. The third kappa shape index (κ3) is 3.71. The van der Waals surface area contributed by atoms with Gasteiger partial charge in [-0.1, -0.05) is 74.2 Å². The van der Waals surface area contributed by atoms with Crippen molar-refractivity contribution >= 4 is 34.5 Å². The van der Waals surface area contributed by atoms with Gasteiger partial charge in [0.2, 0.25) is 0 Å². The minimum absolute atomic E-state index is 0.122. The maximum atomic E-state index is 12.6. The number of amidine groups is 1. The number of carbonyl (C=O) groups is 1. The molecule has 2 aliphatic heterocycles. The smallest absolute Gasteiger partial charge is 0.256 e. The number of carbonyl (C=O) groups excluding carboxylic acids is 1. The molecule has 2 aromatic rings. The molecular formula is C24H29N3OS. The molecule has 2 aromatic carbocycles. The highest BCUT2D eigenvalue weighted by molar-refractivity contribution is 7.97. The molecule has 5 rings (SSSR count). The molecule has 2 fully saturated rings. The van der Waals surface area contributed by atoms with Crippen LogP contribution >= 0.6 is 11.9 Å². The van der Waals surface area contributed by atoms with Crippen LogP contribution in [0.25, 0.3) is 10.8 Å². The van der Waals surface area contributed by atoms with Gasteiger partial charge in [-0.3, -0.25) is 9.79 Å². The summed E-state index contributed by atoms with van der Waals surface area (Å²) in [6, 6.07) is 15.1. The average Bonchev–Trinajstić information content (AvgIpc) is 3.05. The van der Waals surface area contributed by atoms with Gasteiger partial charge in [-0.05, 0) is 41.5 Å². The minimum Gasteiger partial charge on any atom is -0.312 e. The fourth-order valence-electron chi connectivity index (χ4n) is 4.91. The van der Waals surface area contributed by atoms with Gasteiger partial charge in [0.1, 0.15) is 5.84 Å². The van der Waals surface area contributed by atoms with Gasteiger partial charge in [-0.15, -0.1) is 0 Å². The molecular weight excluding hydrogens is 378 g/mol. The first-order valence-corrected chi connectivity index (χ1v) is 11.8. The zero-order chi connectivity index (χ0) is 19.8. The van der Waals surface area contributed by atoms with Crippen LogP contribution < -0.4 is 5.32 Å². The van der Waals surface area contributed by atoms with Crippen molar-refractivity contribution in [3.05, 3.63) is 48.0 Å². The lowest BCUT2D eigenvalue weighted by atomic mass is 9.82. The molecule has 1 saturated carbocycles. The van der Waals surface area contributed by atoms with E-state index in [1.807, 2.05) is 11.9 Å². The first-order chi connectivity index (χ1) is 14.1. The lowest BCUT2D eigenvalue weighted by molar-refractivity contribution is -0.127. The van der Waals surface area contributed by atoms with Gasteiger partial charge in [0.25, 0.3) is 5.91 Å². The Morgan fingerprint density at radius 2 is 1.86 bits per heavy atom. The Bertz CT molecular complexity index is 937. The second-order valence-electron chi connectivity index (χ2n) is 8.96. The standard InChI is InChI=1S/C24H29N3OS/c1-17-9-11-20(12-10-17)22-25-23(28)24(26-22)15-27(16-24)29-14-13-19-7-4-6-18-5-2-3-8-21(18)19/h2-8,17,20H,9-16H2,1H3,(H,25,26,28). The highest BCUT2D eigenvalue weighted by atomic mass is 32.2. The van der Waals surface area contributed by atoms with Crippen molar-refractivity contribution in [1.82, 2.24) is 9.62 Å². The molecule has 2 heterocycles. The quantitative estimate of drug-likeness (QED) is 0.746. The highest BCUT2D eigenvalue weighted by Gasteiger charge is 2.54. The summed E-state index contributed by atoms with van der Waals surface area (Å²) in [7, 11) is 0. The molecule has 1 saturated heterocycles. The molecule has 0 radical (unpaired) electrons. The molecule has 0 unspecified atom stereocenters. The van der Waals surface area contributed by atoms with E-state index in [1.54, 1.807) is 0 Å². The van der Waals surface area contributed by atoms with Crippen LogP contribution in [0.15, 0.2) is 47.5 Å². The number of nitrogens with zero attached hydrogens (tertiary/aromatic N) is 2. The Hall–Kier alpha value is -1.85. The van der Waals surface area contributed by atoms with E-state index < -0.39 is 5.54 Å². The van der Waals surface area contributed by atoms with E-state index >= 15 is 0 Å². The Balaban J connectivity index is 1.15. The van der Waals surface area contributed by atoms with Crippen LogP contribution in [0, 0.1) is 11.8 Å². The maximum absolute atomic E-state index is 12.6. The summed E-state index contributed by atoms with van der Waals surface area (Å²) < 4.78 is 2.31. The first kappa shape index (κ1) is 19.1. The van der Waals surface area contributed by atoms with Gasteiger partial charge in [-0.25, -0.2) is 4.31 Å². The fraction of sp³-hybridized carbons (Fsp3) is 0.500. The second kappa shape index (κ2) is 7.77. The first-order valence-electron chi connectivity index (χ1n) is 10.9. The van der Waals surface area contributed by atoms with Crippen molar-refractivity contribution in [3.63, 3.8) is 0 Å². The molecule has 1 amide bonds. The summed E-state index contributed by atoms with van der Waals surface area (Å²) in [5, 5.41) is 5.78. The number of aryl methyl sites for hydroxylation is 1. The largest absolute Gasteiger partial charge is 0.312 e. The summed E-state index contributed by atoms with van der Waals surface area (Å²) in [5.74, 6) is 3.40. The predicted octanol–water partition coefficient (Wildman–Crippen LogP) is 4.44. The van der Waals surface area contributed by atoms with E-state index in [4.69, 9.17) is 4.99 Å². The number of rotatable bonds is 5. The van der Waals surface area contributed by atoms with Crippen LogP contribution in [-0.4, -0.2) is 40.4 Å². The van der Waals surface area contributed by atoms with Crippen molar-refractivity contribution in [1.29, 1.82) is 0 Å². The highest BCUT2D eigenvalue weighted by Crippen LogP contribution is 2.37. The number of amides is 1. The predicted molar refractivity (Wildman–Crippen MR) is 121 cm³/mol. The summed E-state index contributed by atoms with van der Waals surface area (Å²) in [5.41, 5.74) is 0.890. The molecule has 152 valence electrons. The van der Waals surface area contributed by atoms with Crippen LogP contribution in [0.2, 0.25) is 0 Å². The zero-order valence-corrected chi connectivity index (χ0v) is 17.9. The van der Waals surface area contributed by atoms with E-state index in [2.05, 4.69) is 59.0 Å². The molecule has 1 N–H and O–H groups in total. The Morgan fingerprint density at radius 3 is 2.69 bits per heavy atom. The number of benzene rings is 2. The van der Waals surface area contributed by atoms with Gasteiger partial charge in [0, 0.05) is 24.8 Å². The van der Waals surface area contributed by atoms with E-state index in [-0.39, 0.29) is 5.91 Å². The van der Waals surface area contributed by atoms with Crippen LogP contribution in [0.5, 0.6) is 0 Å². The zero-order valence-electron chi connectivity index (χ0n) is 17.1. The van der Waals surface area contributed by atoms with Gasteiger partial charge in [0.15, 0.2) is 5.54 Å². The Morgan fingerprint density at radius 1 is 1.10 bits per heavy atom. The number of nitrogens with one attached hydrogen (secondary N) is 1. The van der Waals surface area contributed by atoms with Crippen molar-refractivity contribution in [2.24, 2.45) is 16.8 Å². The summed E-state index contributed by atoms with van der Waals surface area (Å²) in [6.07, 6.45) is 5.88. The number of hydrogen-bond acceptors (Lipinski definition) is 4. The molecule has 4 nitrogen and oxygen atoms in total. The lowest BCUT2D eigenvalue weighted by Crippen LogP contribution is -2.62. The molecule has 0 bridgehead atoms. The molecule has 5 heteroatoms. The molecule has 1 aliphatic carbocycles. The number of fused-ring (bicyclic) bond motifs is 1. The van der Waals surface area contributed by atoms with Crippen molar-refractivity contribution in [2.75, 3.05) is 18.8 Å². The minimum atomic E-state index is -0.509. The lowest BCUT2D eigenvalue weighted by Gasteiger charge is -2.42. The van der Waals surface area contributed by atoms with E-state index in [0.717, 1.165) is 37.0 Å². The molecule has 0 atom stereocenters. The number of aliphatic imine (C=N–C) groups is 1. The molecule has 3 aliphatic rings. The Kier molecular flexibility index (Phi) is 5.12. The van der Waals surface area contributed by atoms with E-state index in [9.17, 15) is 4.79 Å². The van der Waals surface area contributed by atoms with Crippen molar-refractivity contribution in [2.45, 2.75) is 44.6 Å². The third-order valence-corrected chi connectivity index (χ3v) is 7.81. The van der Waals surface area contributed by atoms with Gasteiger partial charge in [-0.2, -0.15) is 0 Å². The molecule has 1 spiro atoms. The topological polar surface area (TPSA) is 44.7 Å². The van der Waals surface area contributed by atoms with Crippen LogP contribution in [-0.2, 0) is 11.2 Å². The number of hydrogen-bond donors (Lipinski definition) is 1. The summed E-state index contributed by atoms with van der Waals surface area (Å²) >= 11 is 1.85. The van der Waals surface area contributed by atoms with Crippen LogP contribution in [0.1, 0.15) is 38.2 Å². The second-order valence-corrected chi connectivity index (χ2v) is 10.1. The fourth-order valence-corrected chi connectivity index (χ4v) is 6.09. The monoisotopic (exact) mass is 407 g/mol. The molecule has 29 heavy (non-hydrogen) atoms. The normalized spacial score (nSPS) is 26.4. The van der Waals surface area contributed by atoms with Gasteiger partial charge < -0.3 is 5.32 Å². The summed E-state index contributed by atoms with van der Waals surface area (Å²) in [4.78, 5) is 17.5. The van der Waals surface area contributed by atoms with Crippen molar-refractivity contribution in [3.8, 4) is 0 Å². The maximum Gasteiger partial charge on any atom is 0.256 e. The third-order valence-electron chi connectivity index (χ3n) is 6.80. The van der Waals surface area contributed by atoms with Gasteiger partial charge >= 0.3 is 0 Å². The van der Waals surface area contributed by atoms with Crippen LogP contribution in [0.3, 0.4) is 0 Å². The van der Waals surface area contributed by atoms with Crippen molar-refractivity contribution < 1.29 is 4.79 Å². The summed E-state index contributed by atoms with van der Waals surface area (Å²) in [6.45, 7) is 3.81. The van der Waals surface area contributed by atoms with Crippen LogP contribution in [0.4, 0.5) is 0 Å². The Labute approximate surface area is 177 Å². The SMILES string of the molecule is CC1CCC(C2=NC3(CN(SCCc4cccc5ccccc45)C3)C(=O)N2)CC1. The molecule has 0 aromatic heterocycles.